The molecule has 0 aliphatic rings. The van der Waals surface area contributed by atoms with Gasteiger partial charge < -0.3 is 14.3 Å². The van der Waals surface area contributed by atoms with Gasteiger partial charge in [0, 0.05) is 0 Å². The fourth-order valence-corrected chi connectivity index (χ4v) is 3.78. The molecule has 3 aromatic carbocycles. The van der Waals surface area contributed by atoms with E-state index in [1.807, 2.05) is 71.0 Å². The van der Waals surface area contributed by atoms with E-state index in [1.54, 1.807) is 24.3 Å². The molecule has 0 saturated heterocycles. The summed E-state index contributed by atoms with van der Waals surface area (Å²) >= 11 is 0. The number of hydrogen-bond acceptors (Lipinski definition) is 6. The van der Waals surface area contributed by atoms with Crippen molar-refractivity contribution in [2.75, 3.05) is 0 Å². The van der Waals surface area contributed by atoms with E-state index < -0.39 is 7.82 Å². The Morgan fingerprint density at radius 3 is 1.40 bits per heavy atom. The molecular formula is C23H25O6P. The first-order valence-corrected chi connectivity index (χ1v) is 10.9. The van der Waals surface area contributed by atoms with Gasteiger partial charge in [-0.1, -0.05) is 62.4 Å². The summed E-state index contributed by atoms with van der Waals surface area (Å²) in [5.41, 5.74) is 4.72. The van der Waals surface area contributed by atoms with Crippen molar-refractivity contribution in [3.8, 4) is 17.2 Å². The lowest BCUT2D eigenvalue weighted by molar-refractivity contribution is -0.185. The molecular weight excluding hydrogens is 403 g/mol. The number of rotatable bonds is 8. The van der Waals surface area contributed by atoms with Crippen molar-refractivity contribution in [1.29, 1.82) is 0 Å². The molecule has 0 unspecified atom stereocenters. The molecule has 6 nitrogen and oxygen atoms in total. The van der Waals surface area contributed by atoms with Crippen LogP contribution in [0.3, 0.4) is 0 Å². The third-order valence-electron chi connectivity index (χ3n) is 4.30. The number of benzene rings is 3. The zero-order valence-electron chi connectivity index (χ0n) is 17.7. The van der Waals surface area contributed by atoms with Crippen LogP contribution in [0.5, 0.6) is 17.2 Å². The zero-order chi connectivity index (χ0) is 21.7. The Morgan fingerprint density at radius 1 is 0.600 bits per heavy atom. The van der Waals surface area contributed by atoms with Crippen molar-refractivity contribution in [3.05, 3.63) is 88.5 Å². The topological polar surface area (TPSA) is 63.2 Å². The summed E-state index contributed by atoms with van der Waals surface area (Å²) in [6.45, 7) is 9.56. The summed E-state index contributed by atoms with van der Waals surface area (Å²) in [4.78, 5) is 10.4. The van der Waals surface area contributed by atoms with Crippen LogP contribution in [0.4, 0.5) is 0 Å². The molecule has 0 aromatic heterocycles. The minimum Gasteiger partial charge on any atom is -0.400 e. The quantitative estimate of drug-likeness (QED) is 0.225. The summed E-state index contributed by atoms with van der Waals surface area (Å²) in [7, 11) is -4.31. The van der Waals surface area contributed by atoms with Crippen molar-refractivity contribution < 1.29 is 28.2 Å². The molecule has 0 aliphatic carbocycles. The van der Waals surface area contributed by atoms with Crippen molar-refractivity contribution in [3.63, 3.8) is 0 Å². The smallest absolute Gasteiger partial charge is 0.400 e. The van der Waals surface area contributed by atoms with Gasteiger partial charge in [-0.15, -0.1) is 0 Å². The minimum absolute atomic E-state index is 0.348. The predicted molar refractivity (Wildman–Crippen MR) is 115 cm³/mol. The summed E-state index contributed by atoms with van der Waals surface area (Å²) in [5, 5.41) is 0. The zero-order valence-corrected chi connectivity index (χ0v) is 18.6. The highest BCUT2D eigenvalue weighted by molar-refractivity contribution is 7.48. The Morgan fingerprint density at radius 2 is 1.00 bits per heavy atom. The lowest BCUT2D eigenvalue weighted by Crippen LogP contribution is -2.09. The van der Waals surface area contributed by atoms with E-state index in [9.17, 15) is 4.57 Å². The maximum absolute atomic E-state index is 13.3. The van der Waals surface area contributed by atoms with E-state index in [0.29, 0.717) is 17.2 Å². The highest BCUT2D eigenvalue weighted by Gasteiger charge is 2.36. The highest BCUT2D eigenvalue weighted by Crippen LogP contribution is 2.51. The molecule has 0 heterocycles. The Bertz CT molecular complexity index is 968. The molecule has 158 valence electrons. The highest BCUT2D eigenvalue weighted by atomic mass is 31.2. The second-order valence-electron chi connectivity index (χ2n) is 7.21. The van der Waals surface area contributed by atoms with Gasteiger partial charge in [-0.05, 0) is 70.0 Å². The van der Waals surface area contributed by atoms with Crippen LogP contribution in [-0.2, 0) is 13.9 Å². The number of aryl methyl sites for hydroxylation is 5. The van der Waals surface area contributed by atoms with E-state index in [4.69, 9.17) is 23.6 Å². The van der Waals surface area contributed by atoms with Crippen LogP contribution < -0.4 is 14.3 Å². The minimum atomic E-state index is -4.31. The van der Waals surface area contributed by atoms with E-state index in [0.717, 1.165) is 27.8 Å². The Hall–Kier alpha value is -2.79. The van der Waals surface area contributed by atoms with Crippen LogP contribution >= 0.6 is 7.82 Å². The third-order valence-corrected chi connectivity index (χ3v) is 5.22. The van der Waals surface area contributed by atoms with Crippen LogP contribution in [0.25, 0.3) is 0 Å². The Balaban J connectivity index is 1.82. The van der Waals surface area contributed by atoms with Gasteiger partial charge in [-0.25, -0.2) is 4.57 Å². The molecule has 3 rings (SSSR count). The van der Waals surface area contributed by atoms with Gasteiger partial charge in [-0.3, -0.25) is 0 Å². The van der Waals surface area contributed by atoms with Crippen LogP contribution in [-0.4, -0.2) is 0 Å². The summed E-state index contributed by atoms with van der Waals surface area (Å²) < 4.78 is 29.3. The fraction of sp³-hybridized carbons (Fsp3) is 0.217. The lowest BCUT2D eigenvalue weighted by Gasteiger charge is -2.19. The van der Waals surface area contributed by atoms with E-state index in [-0.39, 0.29) is 0 Å². The van der Waals surface area contributed by atoms with Crippen LogP contribution in [0.2, 0.25) is 0 Å². The van der Waals surface area contributed by atoms with Gasteiger partial charge in [0.15, 0.2) is 11.5 Å². The maximum Gasteiger partial charge on any atom is 0.604 e. The molecule has 7 heteroatoms. The van der Waals surface area contributed by atoms with Crippen molar-refractivity contribution in [2.24, 2.45) is 0 Å². The summed E-state index contributed by atoms with van der Waals surface area (Å²) in [5.74, 6) is 1.07. The van der Waals surface area contributed by atoms with Crippen LogP contribution in [0.15, 0.2) is 60.7 Å². The fourth-order valence-electron chi connectivity index (χ4n) is 2.83. The first-order chi connectivity index (χ1) is 14.2. The predicted octanol–water partition coefficient (Wildman–Crippen LogP) is 6.74. The molecule has 0 saturated carbocycles. The average molecular weight is 428 g/mol. The molecule has 3 aromatic rings. The second-order valence-corrected chi connectivity index (χ2v) is 8.58. The van der Waals surface area contributed by atoms with Gasteiger partial charge in [0.25, 0.3) is 0 Å². The number of phosphoric acid groups is 1. The van der Waals surface area contributed by atoms with Gasteiger partial charge in [-0.2, -0.15) is 0 Å². The van der Waals surface area contributed by atoms with Gasteiger partial charge >= 0.3 is 7.82 Å². The Labute approximate surface area is 176 Å². The lowest BCUT2D eigenvalue weighted by atomic mass is 10.1. The largest absolute Gasteiger partial charge is 0.604 e. The van der Waals surface area contributed by atoms with Crippen molar-refractivity contribution in [2.45, 2.75) is 34.6 Å². The molecule has 0 fully saturated rings. The van der Waals surface area contributed by atoms with Crippen molar-refractivity contribution >= 4 is 7.82 Å². The SMILES string of the molecule is Cc1ccc(OOP(=O)(OOc2ccc(C)cc2)Oc2c(C)cc(C)cc2C)cc1. The monoisotopic (exact) mass is 428 g/mol. The number of hydrogen-bond donors (Lipinski definition) is 0. The first kappa shape index (κ1) is 21.9. The first-order valence-electron chi connectivity index (χ1n) is 9.47. The second kappa shape index (κ2) is 9.35. The van der Waals surface area contributed by atoms with Gasteiger partial charge in [0.2, 0.25) is 0 Å². The maximum atomic E-state index is 13.3. The van der Waals surface area contributed by atoms with Crippen LogP contribution in [0.1, 0.15) is 27.8 Å². The molecule has 0 spiro atoms. The van der Waals surface area contributed by atoms with Gasteiger partial charge in [0.1, 0.15) is 5.75 Å². The van der Waals surface area contributed by atoms with Crippen molar-refractivity contribution in [1.82, 2.24) is 0 Å². The van der Waals surface area contributed by atoms with E-state index in [2.05, 4.69) is 0 Å². The molecule has 0 aliphatic heterocycles. The molecule has 0 N–H and O–H groups in total. The summed E-state index contributed by atoms with van der Waals surface area (Å²) in [6, 6.07) is 17.9. The normalized spacial score (nSPS) is 11.2. The third kappa shape index (κ3) is 5.86. The standard InChI is InChI=1S/C23H25O6P/c1-16-6-10-21(11-7-16)25-28-30(24,29-26-22-12-8-17(2)9-13-22)27-23-19(4)14-18(3)15-20(23)5/h6-15H,1-5H3. The van der Waals surface area contributed by atoms with Crippen LogP contribution in [0, 0.1) is 34.6 Å². The molecule has 0 bridgehead atoms. The molecule has 0 atom stereocenters. The molecule has 0 amide bonds. The molecule has 30 heavy (non-hydrogen) atoms. The van der Waals surface area contributed by atoms with E-state index >= 15 is 0 Å². The van der Waals surface area contributed by atoms with E-state index in [1.165, 1.54) is 0 Å². The Kier molecular flexibility index (Phi) is 6.83. The average Bonchev–Trinajstić information content (AvgIpc) is 2.70. The molecule has 0 radical (unpaired) electrons. The van der Waals surface area contributed by atoms with Gasteiger partial charge in [0.05, 0.1) is 0 Å². The summed E-state index contributed by atoms with van der Waals surface area (Å²) in [6.07, 6.45) is 0.